The molecule has 6 heteroatoms. The van der Waals surface area contributed by atoms with Gasteiger partial charge in [0.25, 0.3) is 0 Å². The predicted octanol–water partition coefficient (Wildman–Crippen LogP) is 5.34. The highest BCUT2D eigenvalue weighted by atomic mass is 19.4. The van der Waals surface area contributed by atoms with Crippen molar-refractivity contribution in [1.29, 1.82) is 0 Å². The molecule has 0 N–H and O–H groups in total. The normalized spacial score (nSPS) is 17.9. The Labute approximate surface area is 162 Å². The van der Waals surface area contributed by atoms with E-state index >= 15 is 0 Å². The van der Waals surface area contributed by atoms with Crippen LogP contribution >= 0.6 is 0 Å². The molecule has 0 bridgehead atoms. The molecule has 3 nitrogen and oxygen atoms in total. The molecule has 2 aromatic carbocycles. The summed E-state index contributed by atoms with van der Waals surface area (Å²) in [7, 11) is 0. The number of rotatable bonds is 4. The number of alkyl halides is 3. The number of nitrogens with zero attached hydrogens (tertiary/aromatic N) is 2. The van der Waals surface area contributed by atoms with Crippen LogP contribution in [0.25, 0.3) is 5.69 Å². The van der Waals surface area contributed by atoms with Crippen LogP contribution in [0.2, 0.25) is 0 Å². The van der Waals surface area contributed by atoms with Crippen LogP contribution in [-0.2, 0) is 17.5 Å². The fourth-order valence-electron chi connectivity index (χ4n) is 3.56. The SMILES string of the molecule is Cc1cccc(CN2CCO[C@H]2c2ccn(-c3ccc(C(F)(F)F)cc3)c2)c1. The van der Waals surface area contributed by atoms with Crippen molar-refractivity contribution in [3.63, 3.8) is 0 Å². The number of aromatic nitrogens is 1. The van der Waals surface area contributed by atoms with Gasteiger partial charge in [-0.25, -0.2) is 0 Å². The largest absolute Gasteiger partial charge is 0.416 e. The summed E-state index contributed by atoms with van der Waals surface area (Å²) in [6, 6.07) is 15.5. The van der Waals surface area contributed by atoms with Gasteiger partial charge in [0, 0.05) is 36.7 Å². The van der Waals surface area contributed by atoms with Gasteiger partial charge in [-0.1, -0.05) is 29.8 Å². The van der Waals surface area contributed by atoms with Crippen molar-refractivity contribution in [2.45, 2.75) is 25.9 Å². The van der Waals surface area contributed by atoms with E-state index in [1.165, 1.54) is 23.3 Å². The molecule has 0 aliphatic carbocycles. The van der Waals surface area contributed by atoms with Gasteiger partial charge in [-0.3, -0.25) is 4.90 Å². The lowest BCUT2D eigenvalue weighted by Crippen LogP contribution is -2.23. The van der Waals surface area contributed by atoms with Gasteiger partial charge in [0.15, 0.2) is 0 Å². The van der Waals surface area contributed by atoms with E-state index < -0.39 is 11.7 Å². The van der Waals surface area contributed by atoms with E-state index in [1.807, 2.05) is 23.0 Å². The maximum absolute atomic E-state index is 12.7. The minimum Gasteiger partial charge on any atom is -0.357 e. The molecular weight excluding hydrogens is 365 g/mol. The highest BCUT2D eigenvalue weighted by Crippen LogP contribution is 2.31. The maximum atomic E-state index is 12.7. The molecule has 146 valence electrons. The third kappa shape index (κ3) is 3.98. The standard InChI is InChI=1S/C22H21F3N2O/c1-16-3-2-4-17(13-16)14-27-11-12-28-21(27)18-9-10-26(15-18)20-7-5-19(6-8-20)22(23,24)25/h2-10,13,15,21H,11-12,14H2,1H3/t21-/m0/s1. The Kier molecular flexibility index (Phi) is 5.00. The lowest BCUT2D eigenvalue weighted by Gasteiger charge is -2.22. The van der Waals surface area contributed by atoms with E-state index in [9.17, 15) is 13.2 Å². The third-order valence-corrected chi connectivity index (χ3v) is 4.95. The summed E-state index contributed by atoms with van der Waals surface area (Å²) in [6.07, 6.45) is -0.711. The van der Waals surface area contributed by atoms with E-state index in [-0.39, 0.29) is 6.23 Å². The van der Waals surface area contributed by atoms with Gasteiger partial charge < -0.3 is 9.30 Å². The van der Waals surface area contributed by atoms with Crippen LogP contribution in [0.15, 0.2) is 67.0 Å². The van der Waals surface area contributed by atoms with Gasteiger partial charge in [0.2, 0.25) is 0 Å². The van der Waals surface area contributed by atoms with Crippen LogP contribution < -0.4 is 0 Å². The van der Waals surface area contributed by atoms with Gasteiger partial charge in [-0.15, -0.1) is 0 Å². The minimum atomic E-state index is -4.33. The number of hydrogen-bond acceptors (Lipinski definition) is 2. The molecular formula is C22H21F3N2O. The lowest BCUT2D eigenvalue weighted by molar-refractivity contribution is -0.137. The van der Waals surface area contributed by atoms with E-state index in [2.05, 4.69) is 36.1 Å². The first-order valence-corrected chi connectivity index (χ1v) is 9.17. The second-order valence-corrected chi connectivity index (χ2v) is 7.08. The predicted molar refractivity (Wildman–Crippen MR) is 101 cm³/mol. The van der Waals surface area contributed by atoms with Crippen molar-refractivity contribution in [1.82, 2.24) is 9.47 Å². The molecule has 1 saturated heterocycles. The average molecular weight is 386 g/mol. The zero-order valence-corrected chi connectivity index (χ0v) is 15.5. The Hall–Kier alpha value is -2.57. The van der Waals surface area contributed by atoms with Gasteiger partial charge in [-0.05, 0) is 42.8 Å². The molecule has 1 fully saturated rings. The molecule has 0 radical (unpaired) electrons. The molecule has 4 rings (SSSR count). The lowest BCUT2D eigenvalue weighted by atomic mass is 10.1. The highest BCUT2D eigenvalue weighted by Gasteiger charge is 2.30. The molecule has 1 aliphatic heterocycles. The average Bonchev–Trinajstić information content (AvgIpc) is 3.30. The smallest absolute Gasteiger partial charge is 0.357 e. The molecule has 3 aromatic rings. The Morgan fingerprint density at radius 2 is 1.86 bits per heavy atom. The molecule has 0 unspecified atom stereocenters. The first-order chi connectivity index (χ1) is 13.4. The summed E-state index contributed by atoms with van der Waals surface area (Å²) >= 11 is 0. The zero-order chi connectivity index (χ0) is 19.7. The van der Waals surface area contributed by atoms with Gasteiger partial charge in [-0.2, -0.15) is 13.2 Å². The summed E-state index contributed by atoms with van der Waals surface area (Å²) in [5.74, 6) is 0. The Bertz CT molecular complexity index is 947. The van der Waals surface area contributed by atoms with Crippen LogP contribution in [-0.4, -0.2) is 22.6 Å². The van der Waals surface area contributed by atoms with E-state index in [0.717, 1.165) is 30.8 Å². The number of aryl methyl sites for hydroxylation is 1. The van der Waals surface area contributed by atoms with E-state index in [4.69, 9.17) is 4.74 Å². The second kappa shape index (κ2) is 7.45. The number of halogens is 3. The fourth-order valence-corrected chi connectivity index (χ4v) is 3.56. The second-order valence-electron chi connectivity index (χ2n) is 7.08. The molecule has 0 saturated carbocycles. The Balaban J connectivity index is 1.51. The number of benzene rings is 2. The highest BCUT2D eigenvalue weighted by molar-refractivity contribution is 5.37. The fraction of sp³-hybridized carbons (Fsp3) is 0.273. The van der Waals surface area contributed by atoms with Gasteiger partial charge in [0.1, 0.15) is 6.23 Å². The third-order valence-electron chi connectivity index (χ3n) is 4.95. The van der Waals surface area contributed by atoms with Crippen molar-refractivity contribution in [2.24, 2.45) is 0 Å². The molecule has 0 spiro atoms. The van der Waals surface area contributed by atoms with Gasteiger partial charge >= 0.3 is 6.18 Å². The summed E-state index contributed by atoms with van der Waals surface area (Å²) < 4.78 is 46.0. The summed E-state index contributed by atoms with van der Waals surface area (Å²) in [6.45, 7) is 4.36. The van der Waals surface area contributed by atoms with Crippen LogP contribution in [0.3, 0.4) is 0 Å². The maximum Gasteiger partial charge on any atom is 0.416 e. The van der Waals surface area contributed by atoms with E-state index in [1.54, 1.807) is 0 Å². The number of hydrogen-bond donors (Lipinski definition) is 0. The molecule has 1 atom stereocenters. The molecule has 28 heavy (non-hydrogen) atoms. The molecule has 1 aromatic heterocycles. The van der Waals surface area contributed by atoms with Crippen LogP contribution in [0, 0.1) is 6.92 Å². The molecule has 0 amide bonds. The topological polar surface area (TPSA) is 17.4 Å². The Morgan fingerprint density at radius 1 is 1.07 bits per heavy atom. The summed E-state index contributed by atoms with van der Waals surface area (Å²) in [5.41, 5.74) is 3.49. The first kappa shape index (κ1) is 18.8. The quantitative estimate of drug-likeness (QED) is 0.603. The van der Waals surface area contributed by atoms with Crippen LogP contribution in [0.5, 0.6) is 0 Å². The zero-order valence-electron chi connectivity index (χ0n) is 15.5. The number of ether oxygens (including phenoxy) is 1. The minimum absolute atomic E-state index is 0.156. The van der Waals surface area contributed by atoms with Crippen molar-refractivity contribution < 1.29 is 17.9 Å². The monoisotopic (exact) mass is 386 g/mol. The first-order valence-electron chi connectivity index (χ1n) is 9.17. The van der Waals surface area contributed by atoms with Crippen molar-refractivity contribution >= 4 is 0 Å². The van der Waals surface area contributed by atoms with Crippen LogP contribution in [0.1, 0.15) is 28.5 Å². The van der Waals surface area contributed by atoms with Crippen molar-refractivity contribution in [3.05, 3.63) is 89.2 Å². The van der Waals surface area contributed by atoms with Gasteiger partial charge in [0.05, 0.1) is 12.2 Å². The Morgan fingerprint density at radius 3 is 2.57 bits per heavy atom. The summed E-state index contributed by atoms with van der Waals surface area (Å²) in [5, 5.41) is 0. The molecule has 1 aliphatic rings. The summed E-state index contributed by atoms with van der Waals surface area (Å²) in [4.78, 5) is 2.27. The molecule has 2 heterocycles. The van der Waals surface area contributed by atoms with Crippen molar-refractivity contribution in [3.8, 4) is 5.69 Å². The van der Waals surface area contributed by atoms with Crippen LogP contribution in [0.4, 0.5) is 13.2 Å². The van der Waals surface area contributed by atoms with E-state index in [0.29, 0.717) is 12.3 Å². The van der Waals surface area contributed by atoms with Crippen molar-refractivity contribution in [2.75, 3.05) is 13.2 Å².